The van der Waals surface area contributed by atoms with Gasteiger partial charge in [-0.25, -0.2) is 4.21 Å². The summed E-state index contributed by atoms with van der Waals surface area (Å²) in [6.45, 7) is 1.16. The molecule has 0 spiro atoms. The van der Waals surface area contributed by atoms with Crippen LogP contribution in [0.3, 0.4) is 0 Å². The van der Waals surface area contributed by atoms with Crippen molar-refractivity contribution in [2.24, 2.45) is 0 Å². The minimum atomic E-state index is -1.86. The van der Waals surface area contributed by atoms with Crippen LogP contribution in [0.4, 0.5) is 0 Å². The van der Waals surface area contributed by atoms with E-state index in [1.807, 2.05) is 18.2 Å². The second-order valence-corrected chi connectivity index (χ2v) is 5.35. The van der Waals surface area contributed by atoms with E-state index in [1.54, 1.807) is 6.07 Å². The first-order valence-corrected chi connectivity index (χ1v) is 6.67. The Bertz CT molecular complexity index is 394. The molecule has 1 unspecified atom stereocenters. The Morgan fingerprint density at radius 1 is 1.56 bits per heavy atom. The van der Waals surface area contributed by atoms with Crippen molar-refractivity contribution in [3.05, 3.63) is 29.8 Å². The lowest BCUT2D eigenvalue weighted by Crippen LogP contribution is -2.26. The maximum atomic E-state index is 11.0. The smallest absolute Gasteiger partial charge is 0.186 e. The van der Waals surface area contributed by atoms with E-state index in [4.69, 9.17) is 4.55 Å². The molecule has 1 aliphatic rings. The predicted octanol–water partition coefficient (Wildman–Crippen LogP) is 1.90. The van der Waals surface area contributed by atoms with Gasteiger partial charge in [0, 0.05) is 6.04 Å². The fourth-order valence-electron chi connectivity index (χ4n) is 2.29. The number of nitrogens with zero attached hydrogens (tertiary/aromatic N) is 1. The zero-order chi connectivity index (χ0) is 11.5. The second-order valence-electron chi connectivity index (χ2n) is 4.38. The molecule has 0 amide bonds. The lowest BCUT2D eigenvalue weighted by Gasteiger charge is -2.19. The summed E-state index contributed by atoms with van der Waals surface area (Å²) in [5.41, 5.74) is 1.15. The molecule has 1 N–H and O–H groups in total. The van der Waals surface area contributed by atoms with Crippen molar-refractivity contribution >= 4 is 11.1 Å². The van der Waals surface area contributed by atoms with Crippen LogP contribution in [0.15, 0.2) is 29.2 Å². The Balaban J connectivity index is 2.09. The normalized spacial score (nSPS) is 23.5. The molecule has 0 radical (unpaired) electrons. The molecule has 1 aromatic carbocycles. The third-order valence-corrected chi connectivity index (χ3v) is 3.90. The Labute approximate surface area is 98.8 Å². The standard InChI is InChI=1S/C12H17NO2S/c1-13-7-3-5-11(13)8-10-4-2-6-12(9-10)16(14)15/h2,4,6,9,11H,3,5,7-8H2,1H3,(H,14,15)/t11-/m1/s1. The molecular formula is C12H17NO2S. The van der Waals surface area contributed by atoms with E-state index in [9.17, 15) is 4.21 Å². The van der Waals surface area contributed by atoms with Crippen LogP contribution in [-0.4, -0.2) is 33.3 Å². The number of benzene rings is 1. The Morgan fingerprint density at radius 3 is 3.00 bits per heavy atom. The van der Waals surface area contributed by atoms with Crippen LogP contribution in [0.5, 0.6) is 0 Å². The van der Waals surface area contributed by atoms with Gasteiger partial charge in [0.2, 0.25) is 0 Å². The predicted molar refractivity (Wildman–Crippen MR) is 64.8 cm³/mol. The van der Waals surface area contributed by atoms with Gasteiger partial charge < -0.3 is 9.45 Å². The van der Waals surface area contributed by atoms with Crippen LogP contribution in [0.25, 0.3) is 0 Å². The third kappa shape index (κ3) is 2.70. The van der Waals surface area contributed by atoms with Crippen LogP contribution >= 0.6 is 0 Å². The Hall–Kier alpha value is -0.710. The van der Waals surface area contributed by atoms with Crippen molar-refractivity contribution in [2.75, 3.05) is 13.6 Å². The highest BCUT2D eigenvalue weighted by molar-refractivity contribution is 7.79. The molecule has 1 heterocycles. The van der Waals surface area contributed by atoms with Crippen LogP contribution < -0.4 is 0 Å². The number of likely N-dealkylation sites (tertiary alicyclic amines) is 1. The molecule has 0 bridgehead atoms. The summed E-state index contributed by atoms with van der Waals surface area (Å²) >= 11 is -1.86. The molecule has 0 saturated carbocycles. The summed E-state index contributed by atoms with van der Waals surface area (Å²) < 4.78 is 20.0. The molecule has 1 aromatic rings. The molecule has 4 heteroatoms. The van der Waals surface area contributed by atoms with E-state index in [-0.39, 0.29) is 0 Å². The van der Waals surface area contributed by atoms with Crippen molar-refractivity contribution < 1.29 is 8.76 Å². The minimum absolute atomic E-state index is 0.498. The van der Waals surface area contributed by atoms with E-state index >= 15 is 0 Å². The second kappa shape index (κ2) is 5.08. The highest BCUT2D eigenvalue weighted by atomic mass is 32.2. The summed E-state index contributed by atoms with van der Waals surface area (Å²) in [6.07, 6.45) is 3.46. The molecule has 0 aromatic heterocycles. The van der Waals surface area contributed by atoms with Gasteiger partial charge in [0.15, 0.2) is 11.1 Å². The maximum absolute atomic E-state index is 11.0. The van der Waals surface area contributed by atoms with E-state index in [0.717, 1.165) is 18.5 Å². The van der Waals surface area contributed by atoms with Gasteiger partial charge in [-0.1, -0.05) is 12.1 Å². The monoisotopic (exact) mass is 239 g/mol. The molecule has 1 aliphatic heterocycles. The van der Waals surface area contributed by atoms with E-state index in [0.29, 0.717) is 10.9 Å². The average molecular weight is 239 g/mol. The van der Waals surface area contributed by atoms with Gasteiger partial charge in [-0.05, 0) is 50.6 Å². The van der Waals surface area contributed by atoms with Crippen molar-refractivity contribution in [3.8, 4) is 0 Å². The average Bonchev–Trinajstić information content (AvgIpc) is 2.65. The van der Waals surface area contributed by atoms with E-state index in [1.165, 1.54) is 12.8 Å². The van der Waals surface area contributed by atoms with Gasteiger partial charge in [0.1, 0.15) is 0 Å². The molecular weight excluding hydrogens is 222 g/mol. The first-order chi connectivity index (χ1) is 7.66. The summed E-state index contributed by atoms with van der Waals surface area (Å²) in [4.78, 5) is 2.86. The quantitative estimate of drug-likeness (QED) is 0.819. The number of hydrogen-bond donors (Lipinski definition) is 1. The zero-order valence-corrected chi connectivity index (χ0v) is 10.2. The fourth-order valence-corrected chi connectivity index (χ4v) is 2.74. The Kier molecular flexibility index (Phi) is 3.74. The fraction of sp³-hybridized carbons (Fsp3) is 0.500. The third-order valence-electron chi connectivity index (χ3n) is 3.24. The summed E-state index contributed by atoms with van der Waals surface area (Å²) in [6, 6.07) is 8.00. The SMILES string of the molecule is CN1CCC[C@@H]1Cc1cccc(S(=O)O)c1. The number of rotatable bonds is 3. The number of hydrogen-bond acceptors (Lipinski definition) is 2. The lowest BCUT2D eigenvalue weighted by atomic mass is 10.0. The molecule has 0 aliphatic carbocycles. The highest BCUT2D eigenvalue weighted by Crippen LogP contribution is 2.20. The summed E-state index contributed by atoms with van der Waals surface area (Å²) in [5.74, 6) is 0. The summed E-state index contributed by atoms with van der Waals surface area (Å²) in [5, 5.41) is 0. The van der Waals surface area contributed by atoms with Gasteiger partial charge in [-0.15, -0.1) is 0 Å². The van der Waals surface area contributed by atoms with Gasteiger partial charge >= 0.3 is 0 Å². The first-order valence-electron chi connectivity index (χ1n) is 5.57. The van der Waals surface area contributed by atoms with Crippen molar-refractivity contribution in [3.63, 3.8) is 0 Å². The first kappa shape index (κ1) is 11.8. The molecule has 16 heavy (non-hydrogen) atoms. The molecule has 2 atom stereocenters. The molecule has 3 nitrogen and oxygen atoms in total. The van der Waals surface area contributed by atoms with Gasteiger partial charge in [0.25, 0.3) is 0 Å². The highest BCUT2D eigenvalue weighted by Gasteiger charge is 2.20. The van der Waals surface area contributed by atoms with E-state index < -0.39 is 11.1 Å². The maximum Gasteiger partial charge on any atom is 0.186 e. The van der Waals surface area contributed by atoms with Crippen LogP contribution in [0.1, 0.15) is 18.4 Å². The van der Waals surface area contributed by atoms with Gasteiger partial charge in [0.05, 0.1) is 4.90 Å². The van der Waals surface area contributed by atoms with Gasteiger partial charge in [-0.3, -0.25) is 0 Å². The van der Waals surface area contributed by atoms with Crippen molar-refractivity contribution in [1.29, 1.82) is 0 Å². The van der Waals surface area contributed by atoms with Gasteiger partial charge in [-0.2, -0.15) is 0 Å². The number of likely N-dealkylation sites (N-methyl/N-ethyl adjacent to an activating group) is 1. The van der Waals surface area contributed by atoms with Crippen molar-refractivity contribution in [1.82, 2.24) is 4.90 Å². The van der Waals surface area contributed by atoms with Crippen LogP contribution in [0, 0.1) is 0 Å². The lowest BCUT2D eigenvalue weighted by molar-refractivity contribution is 0.309. The molecule has 2 rings (SSSR count). The molecule has 1 fully saturated rings. The summed E-state index contributed by atoms with van der Waals surface area (Å²) in [7, 11) is 2.14. The van der Waals surface area contributed by atoms with Crippen LogP contribution in [-0.2, 0) is 17.5 Å². The van der Waals surface area contributed by atoms with E-state index in [2.05, 4.69) is 11.9 Å². The minimum Gasteiger partial charge on any atom is -0.303 e. The Morgan fingerprint density at radius 2 is 2.38 bits per heavy atom. The molecule has 88 valence electrons. The zero-order valence-electron chi connectivity index (χ0n) is 9.43. The molecule has 1 saturated heterocycles. The van der Waals surface area contributed by atoms with Crippen LogP contribution in [0.2, 0.25) is 0 Å². The topological polar surface area (TPSA) is 40.5 Å². The largest absolute Gasteiger partial charge is 0.303 e. The van der Waals surface area contributed by atoms with Crippen molar-refractivity contribution in [2.45, 2.75) is 30.2 Å².